The van der Waals surface area contributed by atoms with Crippen molar-refractivity contribution in [3.05, 3.63) is 91.0 Å². The van der Waals surface area contributed by atoms with E-state index in [0.717, 1.165) is 10.6 Å². The third kappa shape index (κ3) is 7.24. The fourth-order valence-corrected chi connectivity index (χ4v) is 4.83. The topological polar surface area (TPSA) is 105 Å². The molecule has 3 aromatic rings. The highest BCUT2D eigenvalue weighted by molar-refractivity contribution is 8.00. The molecule has 3 atom stereocenters. The number of ether oxygens (including phenoxy) is 1. The van der Waals surface area contributed by atoms with Gasteiger partial charge in [0.1, 0.15) is 11.5 Å². The van der Waals surface area contributed by atoms with E-state index in [2.05, 4.69) is 10.6 Å². The number of rotatable bonds is 9. The molecule has 37 heavy (non-hydrogen) atoms. The molecule has 0 aromatic heterocycles. The molecule has 0 saturated heterocycles. The van der Waals surface area contributed by atoms with Crippen LogP contribution in [0.5, 0.6) is 11.5 Å². The second-order valence-corrected chi connectivity index (χ2v) is 10.1. The Kier molecular flexibility index (Phi) is 8.64. The first-order valence-electron chi connectivity index (χ1n) is 12.0. The number of carbonyl (C=O) groups excluding carboxylic acids is 2. The summed E-state index contributed by atoms with van der Waals surface area (Å²) in [4.78, 5) is 37.7. The standard InChI is InChI=1S/C29H28N2O5S/c1-19(27(32)30-20-11-15-23(16-12-20)36-22-7-3-2-4-8-22)37-24-17-13-21(14-18-24)31-28(33)25-9-5-6-10-26(25)29(34)35/h2-8,11-19,25-26H,9-10H2,1H3,(H,30,32)(H,31,33)(H,34,35). The summed E-state index contributed by atoms with van der Waals surface area (Å²) in [7, 11) is 0. The van der Waals surface area contributed by atoms with Crippen molar-refractivity contribution < 1.29 is 24.2 Å². The lowest BCUT2D eigenvalue weighted by molar-refractivity contribution is -0.146. The van der Waals surface area contributed by atoms with Crippen molar-refractivity contribution in [1.29, 1.82) is 0 Å². The molecule has 3 unspecified atom stereocenters. The van der Waals surface area contributed by atoms with E-state index in [0.29, 0.717) is 30.0 Å². The van der Waals surface area contributed by atoms with Crippen LogP contribution in [0.25, 0.3) is 0 Å². The first-order chi connectivity index (χ1) is 17.9. The SMILES string of the molecule is CC(Sc1ccc(NC(=O)C2CC=CCC2C(=O)O)cc1)C(=O)Nc1ccc(Oc2ccccc2)cc1. The van der Waals surface area contributed by atoms with Gasteiger partial charge in [0.15, 0.2) is 0 Å². The van der Waals surface area contributed by atoms with Gasteiger partial charge in [0, 0.05) is 16.3 Å². The molecular formula is C29H28N2O5S. The Hall–Kier alpha value is -4.04. The third-order valence-electron chi connectivity index (χ3n) is 5.99. The minimum absolute atomic E-state index is 0.135. The molecule has 0 spiro atoms. The van der Waals surface area contributed by atoms with Crippen LogP contribution in [-0.4, -0.2) is 28.1 Å². The number of nitrogens with one attached hydrogen (secondary N) is 2. The minimum Gasteiger partial charge on any atom is -0.481 e. The number of aliphatic carboxylic acids is 1. The van der Waals surface area contributed by atoms with Crippen LogP contribution in [0.1, 0.15) is 19.8 Å². The molecule has 0 aliphatic heterocycles. The Morgan fingerprint density at radius 2 is 1.38 bits per heavy atom. The Balaban J connectivity index is 1.27. The number of hydrogen-bond donors (Lipinski definition) is 3. The molecule has 0 radical (unpaired) electrons. The van der Waals surface area contributed by atoms with Gasteiger partial charge in [-0.1, -0.05) is 30.4 Å². The monoisotopic (exact) mass is 516 g/mol. The molecule has 2 amide bonds. The molecule has 0 saturated carbocycles. The minimum atomic E-state index is -0.958. The Morgan fingerprint density at radius 1 is 0.811 bits per heavy atom. The van der Waals surface area contributed by atoms with Crippen LogP contribution in [0.15, 0.2) is 95.9 Å². The zero-order valence-corrected chi connectivity index (χ0v) is 21.1. The average molecular weight is 517 g/mol. The normalized spacial score (nSPS) is 17.4. The van der Waals surface area contributed by atoms with Crippen molar-refractivity contribution in [1.82, 2.24) is 0 Å². The highest BCUT2D eigenvalue weighted by Gasteiger charge is 2.33. The van der Waals surface area contributed by atoms with Crippen LogP contribution in [0.4, 0.5) is 11.4 Å². The van der Waals surface area contributed by atoms with Crippen molar-refractivity contribution >= 4 is 40.9 Å². The van der Waals surface area contributed by atoms with Crippen LogP contribution in [0.2, 0.25) is 0 Å². The van der Waals surface area contributed by atoms with Crippen LogP contribution in [-0.2, 0) is 14.4 Å². The summed E-state index contributed by atoms with van der Waals surface area (Å²) in [6.07, 6.45) is 4.42. The lowest BCUT2D eigenvalue weighted by atomic mass is 9.82. The van der Waals surface area contributed by atoms with E-state index in [9.17, 15) is 19.5 Å². The number of carboxylic acid groups (broad SMARTS) is 1. The van der Waals surface area contributed by atoms with Gasteiger partial charge < -0.3 is 20.5 Å². The summed E-state index contributed by atoms with van der Waals surface area (Å²) in [6, 6.07) is 23.8. The van der Waals surface area contributed by atoms with Crippen LogP contribution < -0.4 is 15.4 Å². The molecular weight excluding hydrogens is 488 g/mol. The summed E-state index contributed by atoms with van der Waals surface area (Å²) >= 11 is 1.40. The number of allylic oxidation sites excluding steroid dienone is 2. The molecule has 8 heteroatoms. The summed E-state index contributed by atoms with van der Waals surface area (Å²) in [5.41, 5.74) is 1.26. The zero-order valence-electron chi connectivity index (χ0n) is 20.3. The number of carbonyl (C=O) groups is 3. The van der Waals surface area contributed by atoms with E-state index in [4.69, 9.17) is 4.74 Å². The van der Waals surface area contributed by atoms with Crippen LogP contribution >= 0.6 is 11.8 Å². The van der Waals surface area contributed by atoms with Gasteiger partial charge in [0.05, 0.1) is 17.1 Å². The van der Waals surface area contributed by atoms with E-state index in [1.54, 1.807) is 42.5 Å². The molecule has 7 nitrogen and oxygen atoms in total. The second kappa shape index (κ2) is 12.3. The number of para-hydroxylation sites is 1. The molecule has 0 heterocycles. The smallest absolute Gasteiger partial charge is 0.307 e. The molecule has 4 rings (SSSR count). The van der Waals surface area contributed by atoms with Crippen LogP contribution in [0, 0.1) is 11.8 Å². The number of amides is 2. The van der Waals surface area contributed by atoms with Gasteiger partial charge in [-0.05, 0) is 80.4 Å². The van der Waals surface area contributed by atoms with Crippen molar-refractivity contribution in [3.63, 3.8) is 0 Å². The molecule has 1 aliphatic carbocycles. The average Bonchev–Trinajstić information content (AvgIpc) is 2.91. The quantitative estimate of drug-likeness (QED) is 0.231. The highest BCUT2D eigenvalue weighted by Crippen LogP contribution is 2.29. The molecule has 0 fully saturated rings. The van der Waals surface area contributed by atoms with Gasteiger partial charge in [-0.2, -0.15) is 0 Å². The van der Waals surface area contributed by atoms with E-state index >= 15 is 0 Å². The lowest BCUT2D eigenvalue weighted by Crippen LogP contribution is -2.34. The maximum Gasteiger partial charge on any atom is 0.307 e. The maximum atomic E-state index is 12.7. The zero-order chi connectivity index (χ0) is 26.2. The summed E-state index contributed by atoms with van der Waals surface area (Å²) in [6.45, 7) is 1.82. The molecule has 1 aliphatic rings. The highest BCUT2D eigenvalue weighted by atomic mass is 32.2. The summed E-state index contributed by atoms with van der Waals surface area (Å²) in [5.74, 6) is -1.29. The van der Waals surface area contributed by atoms with Gasteiger partial charge in [0.2, 0.25) is 11.8 Å². The largest absolute Gasteiger partial charge is 0.481 e. The van der Waals surface area contributed by atoms with Crippen molar-refractivity contribution in [2.45, 2.75) is 29.9 Å². The third-order valence-corrected chi connectivity index (χ3v) is 7.10. The number of hydrogen-bond acceptors (Lipinski definition) is 5. The summed E-state index contributed by atoms with van der Waals surface area (Å²) in [5, 5.41) is 14.8. The fourth-order valence-electron chi connectivity index (χ4n) is 3.96. The van der Waals surface area contributed by atoms with Crippen molar-refractivity contribution in [2.75, 3.05) is 10.6 Å². The fraction of sp³-hybridized carbons (Fsp3) is 0.207. The Bertz CT molecular complexity index is 1260. The molecule has 3 N–H and O–H groups in total. The second-order valence-electron chi connectivity index (χ2n) is 8.70. The Labute approximate surface area is 219 Å². The number of thioether (sulfide) groups is 1. The first kappa shape index (κ1) is 26.0. The van der Waals surface area contributed by atoms with Gasteiger partial charge >= 0.3 is 5.97 Å². The van der Waals surface area contributed by atoms with Gasteiger partial charge in [0.25, 0.3) is 0 Å². The van der Waals surface area contributed by atoms with Gasteiger partial charge in [-0.25, -0.2) is 0 Å². The van der Waals surface area contributed by atoms with Gasteiger partial charge in [-0.3, -0.25) is 14.4 Å². The van der Waals surface area contributed by atoms with Crippen molar-refractivity contribution in [2.24, 2.45) is 11.8 Å². The van der Waals surface area contributed by atoms with Crippen molar-refractivity contribution in [3.8, 4) is 11.5 Å². The number of carboxylic acids is 1. The predicted octanol–water partition coefficient (Wildman–Crippen LogP) is 6.20. The summed E-state index contributed by atoms with van der Waals surface area (Å²) < 4.78 is 5.78. The number of anilines is 2. The first-order valence-corrected chi connectivity index (χ1v) is 12.9. The molecule has 0 bridgehead atoms. The van der Waals surface area contributed by atoms with Crippen LogP contribution in [0.3, 0.4) is 0 Å². The van der Waals surface area contributed by atoms with E-state index in [1.165, 1.54) is 11.8 Å². The number of benzene rings is 3. The van der Waals surface area contributed by atoms with E-state index in [1.807, 2.05) is 55.5 Å². The van der Waals surface area contributed by atoms with E-state index < -0.39 is 17.8 Å². The molecule has 190 valence electrons. The molecule has 3 aromatic carbocycles. The Morgan fingerprint density at radius 3 is 2.03 bits per heavy atom. The van der Waals surface area contributed by atoms with E-state index in [-0.39, 0.29) is 17.1 Å². The predicted molar refractivity (Wildman–Crippen MR) is 145 cm³/mol. The lowest BCUT2D eigenvalue weighted by Gasteiger charge is -2.24. The van der Waals surface area contributed by atoms with Gasteiger partial charge in [-0.15, -0.1) is 11.8 Å². The maximum absolute atomic E-state index is 12.7.